The molecule has 4 N–H and O–H groups in total. The summed E-state index contributed by atoms with van der Waals surface area (Å²) in [5.74, 6) is 0.0528. The van der Waals surface area contributed by atoms with Gasteiger partial charge < -0.3 is 29.9 Å². The summed E-state index contributed by atoms with van der Waals surface area (Å²) < 4.78 is 11.1. The van der Waals surface area contributed by atoms with E-state index >= 15 is 0 Å². The van der Waals surface area contributed by atoms with Crippen molar-refractivity contribution in [1.82, 2.24) is 0 Å². The SMILES string of the molecule is CC1(C)C2=CC(=O)C(Cl)=CC2=Nc2ccc(OC3OC(CO)C(O)C(O)C3O)cc21. The summed E-state index contributed by atoms with van der Waals surface area (Å²) in [7, 11) is 0. The first-order chi connectivity index (χ1) is 14.1. The molecule has 1 aromatic rings. The lowest BCUT2D eigenvalue weighted by Crippen LogP contribution is -2.60. The summed E-state index contributed by atoms with van der Waals surface area (Å²) in [4.78, 5) is 16.7. The van der Waals surface area contributed by atoms with Crippen molar-refractivity contribution in [3.63, 3.8) is 0 Å². The summed E-state index contributed by atoms with van der Waals surface area (Å²) in [6, 6.07) is 5.09. The van der Waals surface area contributed by atoms with Crippen LogP contribution in [0.5, 0.6) is 5.75 Å². The fourth-order valence-corrected chi connectivity index (χ4v) is 4.05. The van der Waals surface area contributed by atoms with Crippen molar-refractivity contribution in [3.05, 3.63) is 46.5 Å². The first kappa shape index (κ1) is 21.2. The molecule has 0 radical (unpaired) electrons. The lowest BCUT2D eigenvalue weighted by molar-refractivity contribution is -0.277. The number of nitrogens with zero attached hydrogens (tertiary/aromatic N) is 1. The van der Waals surface area contributed by atoms with E-state index in [2.05, 4.69) is 4.99 Å². The van der Waals surface area contributed by atoms with Gasteiger partial charge >= 0.3 is 0 Å². The second-order valence-corrected chi connectivity index (χ2v) is 8.44. The molecule has 8 nitrogen and oxygen atoms in total. The van der Waals surface area contributed by atoms with Crippen LogP contribution in [-0.4, -0.2) is 69.2 Å². The molecule has 5 atom stereocenters. The van der Waals surface area contributed by atoms with Gasteiger partial charge in [-0.2, -0.15) is 0 Å². The van der Waals surface area contributed by atoms with Crippen LogP contribution in [0.3, 0.4) is 0 Å². The molecule has 1 fully saturated rings. The van der Waals surface area contributed by atoms with Gasteiger partial charge in [0.1, 0.15) is 30.2 Å². The first-order valence-corrected chi connectivity index (χ1v) is 9.85. The van der Waals surface area contributed by atoms with E-state index in [1.165, 1.54) is 6.08 Å². The Morgan fingerprint density at radius 2 is 1.90 bits per heavy atom. The zero-order chi connectivity index (χ0) is 21.8. The molecular weight excluding hydrogens is 414 g/mol. The van der Waals surface area contributed by atoms with Gasteiger partial charge in [-0.1, -0.05) is 25.4 Å². The monoisotopic (exact) mass is 435 g/mol. The highest BCUT2D eigenvalue weighted by Gasteiger charge is 2.45. The second kappa shape index (κ2) is 7.56. The topological polar surface area (TPSA) is 129 Å². The molecule has 5 unspecified atom stereocenters. The van der Waals surface area contributed by atoms with Crippen LogP contribution in [0.2, 0.25) is 0 Å². The van der Waals surface area contributed by atoms with Crippen molar-refractivity contribution in [1.29, 1.82) is 0 Å². The molecule has 1 saturated heterocycles. The van der Waals surface area contributed by atoms with Crippen LogP contribution in [0, 0.1) is 0 Å². The molecule has 1 aromatic carbocycles. The smallest absolute Gasteiger partial charge is 0.229 e. The summed E-state index contributed by atoms with van der Waals surface area (Å²) in [6.45, 7) is 3.35. The van der Waals surface area contributed by atoms with Crippen molar-refractivity contribution < 1.29 is 34.7 Å². The standard InChI is InChI=1S/C21H22ClNO7/c1-21(2)10-5-9(29-20-19(28)18(27)17(26)16(8-24)30-20)3-4-13(10)23-14-7-12(22)15(25)6-11(14)21/h3-7,16-20,24,26-28H,8H2,1-2H3. The van der Waals surface area contributed by atoms with Gasteiger partial charge in [-0.15, -0.1) is 0 Å². The van der Waals surface area contributed by atoms with E-state index in [1.807, 2.05) is 13.8 Å². The molecule has 160 valence electrons. The van der Waals surface area contributed by atoms with E-state index in [4.69, 9.17) is 21.1 Å². The van der Waals surface area contributed by atoms with Crippen LogP contribution < -0.4 is 4.74 Å². The number of carbonyl (C=O) groups excluding carboxylic acids is 1. The minimum absolute atomic E-state index is 0.110. The van der Waals surface area contributed by atoms with Gasteiger partial charge in [0, 0.05) is 5.41 Å². The quantitative estimate of drug-likeness (QED) is 0.518. The third kappa shape index (κ3) is 3.39. The van der Waals surface area contributed by atoms with Crippen LogP contribution in [0.25, 0.3) is 0 Å². The van der Waals surface area contributed by atoms with Crippen molar-refractivity contribution in [2.24, 2.45) is 4.99 Å². The highest BCUT2D eigenvalue weighted by molar-refractivity contribution is 6.48. The van der Waals surface area contributed by atoms with E-state index in [9.17, 15) is 25.2 Å². The average Bonchev–Trinajstić information content (AvgIpc) is 2.71. The first-order valence-electron chi connectivity index (χ1n) is 9.48. The van der Waals surface area contributed by atoms with Crippen LogP contribution in [0.15, 0.2) is 45.9 Å². The third-order valence-electron chi connectivity index (χ3n) is 5.71. The number of allylic oxidation sites excluding steroid dienone is 4. The molecular formula is C21H22ClNO7. The highest BCUT2D eigenvalue weighted by atomic mass is 35.5. The van der Waals surface area contributed by atoms with Gasteiger partial charge in [0.15, 0.2) is 5.78 Å². The molecule has 0 spiro atoms. The number of aliphatic hydroxyl groups excluding tert-OH is 4. The number of aliphatic hydroxyl groups is 4. The van der Waals surface area contributed by atoms with Gasteiger partial charge in [-0.3, -0.25) is 4.79 Å². The lowest BCUT2D eigenvalue weighted by atomic mass is 9.71. The Morgan fingerprint density at radius 1 is 1.17 bits per heavy atom. The molecule has 9 heteroatoms. The maximum Gasteiger partial charge on any atom is 0.229 e. The van der Waals surface area contributed by atoms with Crippen LogP contribution >= 0.6 is 11.6 Å². The van der Waals surface area contributed by atoms with E-state index in [1.54, 1.807) is 24.3 Å². The summed E-state index contributed by atoms with van der Waals surface area (Å²) in [6.07, 6.45) is -3.82. The maximum absolute atomic E-state index is 12.1. The minimum Gasteiger partial charge on any atom is -0.462 e. The number of hydrogen-bond acceptors (Lipinski definition) is 8. The number of ketones is 1. The van der Waals surface area contributed by atoms with E-state index in [0.717, 1.165) is 11.1 Å². The molecule has 2 heterocycles. The fraction of sp³-hybridized carbons (Fsp3) is 0.429. The number of aliphatic imine (C=N–C) groups is 1. The van der Waals surface area contributed by atoms with E-state index in [-0.39, 0.29) is 10.8 Å². The largest absolute Gasteiger partial charge is 0.462 e. The van der Waals surface area contributed by atoms with Gasteiger partial charge in [0.25, 0.3) is 0 Å². The molecule has 2 aliphatic heterocycles. The van der Waals surface area contributed by atoms with Gasteiger partial charge in [0.05, 0.1) is 23.0 Å². The second-order valence-electron chi connectivity index (χ2n) is 8.03. The Bertz CT molecular complexity index is 982. The van der Waals surface area contributed by atoms with Gasteiger partial charge in [-0.05, 0) is 41.5 Å². The number of benzene rings is 1. The Morgan fingerprint density at radius 3 is 2.60 bits per heavy atom. The number of carbonyl (C=O) groups is 1. The van der Waals surface area contributed by atoms with E-state index in [0.29, 0.717) is 17.1 Å². The van der Waals surface area contributed by atoms with Crippen molar-refractivity contribution in [3.8, 4) is 5.75 Å². The molecule has 0 aromatic heterocycles. The Balaban J connectivity index is 1.66. The number of rotatable bonds is 3. The lowest BCUT2D eigenvalue weighted by Gasteiger charge is -2.40. The van der Waals surface area contributed by atoms with E-state index < -0.39 is 42.7 Å². The van der Waals surface area contributed by atoms with Crippen molar-refractivity contribution in [2.75, 3.05) is 6.61 Å². The Hall–Kier alpha value is -2.07. The molecule has 4 rings (SSSR count). The zero-order valence-corrected chi connectivity index (χ0v) is 17.1. The predicted molar refractivity (Wildman–Crippen MR) is 108 cm³/mol. The number of hydrogen-bond donors (Lipinski definition) is 4. The van der Waals surface area contributed by atoms with Gasteiger partial charge in [-0.25, -0.2) is 4.99 Å². The molecule has 30 heavy (non-hydrogen) atoms. The van der Waals surface area contributed by atoms with Crippen molar-refractivity contribution >= 4 is 28.8 Å². The van der Waals surface area contributed by atoms with Crippen LogP contribution in [0.1, 0.15) is 19.4 Å². The normalized spacial score (nSPS) is 32.4. The molecule has 0 amide bonds. The number of ether oxygens (including phenoxy) is 2. The zero-order valence-electron chi connectivity index (χ0n) is 16.3. The molecule has 3 aliphatic rings. The maximum atomic E-state index is 12.1. The molecule has 0 bridgehead atoms. The average molecular weight is 436 g/mol. The van der Waals surface area contributed by atoms with Crippen LogP contribution in [0.4, 0.5) is 5.69 Å². The number of fused-ring (bicyclic) bond motifs is 2. The Labute approximate surface area is 177 Å². The molecule has 0 saturated carbocycles. The minimum atomic E-state index is -1.53. The van der Waals surface area contributed by atoms with Gasteiger partial charge in [0.2, 0.25) is 6.29 Å². The van der Waals surface area contributed by atoms with Crippen molar-refractivity contribution in [2.45, 2.75) is 50.0 Å². The Kier molecular flexibility index (Phi) is 5.34. The third-order valence-corrected chi connectivity index (χ3v) is 6.00. The molecule has 1 aliphatic carbocycles. The predicted octanol–water partition coefficient (Wildman–Crippen LogP) is 0.861. The summed E-state index contributed by atoms with van der Waals surface area (Å²) in [5, 5.41) is 39.5. The van der Waals surface area contributed by atoms with Crippen LogP contribution in [-0.2, 0) is 14.9 Å². The fourth-order valence-electron chi connectivity index (χ4n) is 3.90. The summed E-state index contributed by atoms with van der Waals surface area (Å²) >= 11 is 5.97. The highest BCUT2D eigenvalue weighted by Crippen LogP contribution is 2.45. The summed E-state index contributed by atoms with van der Waals surface area (Å²) in [5.41, 5.74) is 2.25. The number of halogens is 1.